The number of hydrogen-bond acceptors (Lipinski definition) is 2. The highest BCUT2D eigenvalue weighted by molar-refractivity contribution is 7.21. The summed E-state index contributed by atoms with van der Waals surface area (Å²) in [5.74, 6) is 0.880. The van der Waals surface area contributed by atoms with E-state index in [2.05, 4.69) is 103 Å². The van der Waals surface area contributed by atoms with E-state index < -0.39 is 0 Å². The predicted octanol–water partition coefficient (Wildman–Crippen LogP) is 8.16. The van der Waals surface area contributed by atoms with E-state index in [0.29, 0.717) is 0 Å². The Kier molecular flexibility index (Phi) is 3.99. The average molecular weight is 441 g/mol. The molecule has 1 aromatic heterocycles. The van der Waals surface area contributed by atoms with E-state index >= 15 is 0 Å². The summed E-state index contributed by atoms with van der Waals surface area (Å²) in [6.45, 7) is 0. The van der Waals surface area contributed by atoms with Gasteiger partial charge < -0.3 is 4.74 Å². The summed E-state index contributed by atoms with van der Waals surface area (Å²) in [4.78, 5) is 1.38. The summed E-state index contributed by atoms with van der Waals surface area (Å²) in [6, 6.07) is 37.0. The molecule has 7 rings (SSSR count). The van der Waals surface area contributed by atoms with E-state index in [-0.39, 0.29) is 0 Å². The van der Waals surface area contributed by atoms with Crippen LogP contribution in [0.3, 0.4) is 0 Å². The summed E-state index contributed by atoms with van der Waals surface area (Å²) >= 11 is 1.91. The highest BCUT2D eigenvalue weighted by Gasteiger charge is 2.39. The minimum atomic E-state index is 0.880. The smallest absolute Gasteiger partial charge is 0.118 e. The molecule has 0 unspecified atom stereocenters. The Morgan fingerprint density at radius 3 is 1.94 bits per heavy atom. The number of allylic oxidation sites excluding steroid dienone is 2. The highest BCUT2D eigenvalue weighted by Crippen LogP contribution is 2.61. The molecule has 2 aliphatic carbocycles. The third kappa shape index (κ3) is 2.59. The third-order valence-electron chi connectivity index (χ3n) is 6.73. The molecule has 5 aromatic rings. The van der Waals surface area contributed by atoms with Crippen LogP contribution in [0.25, 0.3) is 32.4 Å². The Labute approximate surface area is 196 Å². The zero-order chi connectivity index (χ0) is 21.9. The molecule has 0 radical (unpaired) electrons. The zero-order valence-corrected chi connectivity index (χ0v) is 18.9. The number of ether oxygens (including phenoxy) is 1. The normalized spacial score (nSPS) is 14.0. The Balaban J connectivity index is 1.64. The maximum atomic E-state index is 5.44. The van der Waals surface area contributed by atoms with Crippen LogP contribution in [0.1, 0.15) is 32.7 Å². The van der Waals surface area contributed by atoms with Crippen LogP contribution in [0.5, 0.6) is 5.75 Å². The maximum absolute atomic E-state index is 5.44. The van der Waals surface area contributed by atoms with Crippen molar-refractivity contribution in [1.82, 2.24) is 0 Å². The van der Waals surface area contributed by atoms with Gasteiger partial charge in [0.05, 0.1) is 7.11 Å². The SMILES string of the molecule is COc1ccc(C2=C3C(=C(c4ccccc4)c4c3sc3ccccc43)c3ccccc32)cc1. The summed E-state index contributed by atoms with van der Waals surface area (Å²) in [7, 11) is 1.72. The second-order valence-corrected chi connectivity index (χ2v) is 9.49. The average Bonchev–Trinajstić information content (AvgIpc) is 3.51. The molecule has 0 amide bonds. The van der Waals surface area contributed by atoms with Crippen molar-refractivity contribution >= 4 is 43.7 Å². The molecule has 0 aliphatic heterocycles. The van der Waals surface area contributed by atoms with Crippen molar-refractivity contribution in [1.29, 1.82) is 0 Å². The first-order chi connectivity index (χ1) is 16.3. The molecule has 33 heavy (non-hydrogen) atoms. The number of methoxy groups -OCH3 is 1. The lowest BCUT2D eigenvalue weighted by atomic mass is 9.92. The lowest BCUT2D eigenvalue weighted by Gasteiger charge is -2.11. The molecule has 1 heterocycles. The van der Waals surface area contributed by atoms with Crippen molar-refractivity contribution in [2.75, 3.05) is 7.11 Å². The first-order valence-corrected chi connectivity index (χ1v) is 12.0. The van der Waals surface area contributed by atoms with E-state index in [1.165, 1.54) is 65.1 Å². The quantitative estimate of drug-likeness (QED) is 0.275. The molecule has 0 fully saturated rings. The molecule has 0 bridgehead atoms. The fourth-order valence-electron chi connectivity index (χ4n) is 5.35. The van der Waals surface area contributed by atoms with Crippen LogP contribution in [0.4, 0.5) is 0 Å². The standard InChI is InChI=1S/C31H20OS/c1-32-21-17-15-20(16-18-21)26-22-11-5-6-12-23(22)28-27(19-9-3-2-4-10-19)29-24-13-7-8-14-25(24)33-31(29)30(26)28/h2-18H,1H3. The van der Waals surface area contributed by atoms with Crippen LogP contribution in [0, 0.1) is 0 Å². The molecule has 0 saturated carbocycles. The van der Waals surface area contributed by atoms with E-state index in [4.69, 9.17) is 4.74 Å². The molecular weight excluding hydrogens is 420 g/mol. The third-order valence-corrected chi connectivity index (χ3v) is 7.92. The second-order valence-electron chi connectivity index (χ2n) is 8.44. The van der Waals surface area contributed by atoms with Crippen LogP contribution >= 0.6 is 11.3 Å². The molecule has 0 N–H and O–H groups in total. The molecule has 2 aliphatic rings. The first kappa shape index (κ1) is 18.7. The van der Waals surface area contributed by atoms with Crippen molar-refractivity contribution < 1.29 is 4.74 Å². The van der Waals surface area contributed by atoms with Gasteiger partial charge in [-0.15, -0.1) is 11.3 Å². The molecule has 0 spiro atoms. The van der Waals surface area contributed by atoms with Crippen molar-refractivity contribution in [2.45, 2.75) is 0 Å². The van der Waals surface area contributed by atoms with Crippen molar-refractivity contribution in [3.63, 3.8) is 0 Å². The van der Waals surface area contributed by atoms with E-state index in [0.717, 1.165) is 5.75 Å². The van der Waals surface area contributed by atoms with Crippen LogP contribution in [-0.2, 0) is 0 Å². The summed E-state index contributed by atoms with van der Waals surface area (Å²) in [5.41, 5.74) is 11.9. The van der Waals surface area contributed by atoms with Gasteiger partial charge in [-0.3, -0.25) is 0 Å². The predicted molar refractivity (Wildman–Crippen MR) is 140 cm³/mol. The van der Waals surface area contributed by atoms with E-state index in [9.17, 15) is 0 Å². The van der Waals surface area contributed by atoms with Gasteiger partial charge in [0.1, 0.15) is 5.75 Å². The van der Waals surface area contributed by atoms with Gasteiger partial charge >= 0.3 is 0 Å². The molecule has 4 aromatic carbocycles. The van der Waals surface area contributed by atoms with E-state index in [1.807, 2.05) is 11.3 Å². The Hall–Kier alpha value is -3.88. The van der Waals surface area contributed by atoms with Crippen LogP contribution in [0.2, 0.25) is 0 Å². The zero-order valence-electron chi connectivity index (χ0n) is 18.1. The van der Waals surface area contributed by atoms with Crippen LogP contribution in [-0.4, -0.2) is 7.11 Å². The monoisotopic (exact) mass is 440 g/mol. The number of thiophene rings is 1. The topological polar surface area (TPSA) is 9.23 Å². The molecular formula is C31H20OS. The molecule has 0 atom stereocenters. The van der Waals surface area contributed by atoms with Gasteiger partial charge in [-0.05, 0) is 51.6 Å². The van der Waals surface area contributed by atoms with Gasteiger partial charge in [0, 0.05) is 31.7 Å². The van der Waals surface area contributed by atoms with Gasteiger partial charge in [0.15, 0.2) is 0 Å². The summed E-state index contributed by atoms with van der Waals surface area (Å²) in [5, 5.41) is 1.34. The van der Waals surface area contributed by atoms with Gasteiger partial charge in [-0.1, -0.05) is 84.9 Å². The van der Waals surface area contributed by atoms with Crippen molar-refractivity contribution in [2.24, 2.45) is 0 Å². The Morgan fingerprint density at radius 2 is 1.18 bits per heavy atom. The Morgan fingerprint density at radius 1 is 0.545 bits per heavy atom. The molecule has 156 valence electrons. The van der Waals surface area contributed by atoms with Gasteiger partial charge in [0.25, 0.3) is 0 Å². The fraction of sp³-hybridized carbons (Fsp3) is 0.0323. The molecule has 1 nitrogen and oxygen atoms in total. The highest BCUT2D eigenvalue weighted by atomic mass is 32.1. The Bertz CT molecular complexity index is 1620. The van der Waals surface area contributed by atoms with Gasteiger partial charge in [-0.25, -0.2) is 0 Å². The lowest BCUT2D eigenvalue weighted by Crippen LogP contribution is -1.91. The van der Waals surface area contributed by atoms with Crippen molar-refractivity contribution in [3.05, 3.63) is 136 Å². The number of fused-ring (bicyclic) bond motifs is 7. The van der Waals surface area contributed by atoms with Crippen molar-refractivity contribution in [3.8, 4) is 5.75 Å². The maximum Gasteiger partial charge on any atom is 0.118 e. The summed E-state index contributed by atoms with van der Waals surface area (Å²) in [6.07, 6.45) is 0. The van der Waals surface area contributed by atoms with Crippen LogP contribution in [0.15, 0.2) is 103 Å². The second kappa shape index (κ2) is 7.06. The minimum Gasteiger partial charge on any atom is -0.497 e. The van der Waals surface area contributed by atoms with Gasteiger partial charge in [-0.2, -0.15) is 0 Å². The van der Waals surface area contributed by atoms with E-state index in [1.54, 1.807) is 7.11 Å². The molecule has 2 heteroatoms. The van der Waals surface area contributed by atoms with Gasteiger partial charge in [0.2, 0.25) is 0 Å². The largest absolute Gasteiger partial charge is 0.497 e. The lowest BCUT2D eigenvalue weighted by molar-refractivity contribution is 0.415. The van der Waals surface area contributed by atoms with Crippen LogP contribution < -0.4 is 4.74 Å². The first-order valence-electron chi connectivity index (χ1n) is 11.2. The number of rotatable bonds is 3. The molecule has 0 saturated heterocycles. The number of hydrogen-bond donors (Lipinski definition) is 0. The fourth-order valence-corrected chi connectivity index (χ4v) is 6.61. The summed E-state index contributed by atoms with van der Waals surface area (Å²) < 4.78 is 6.78. The number of benzene rings is 4. The minimum absolute atomic E-state index is 0.880.